The molecule has 0 aliphatic heterocycles. The first-order chi connectivity index (χ1) is 9.28. The van der Waals surface area contributed by atoms with E-state index in [2.05, 4.69) is 0 Å². The van der Waals surface area contributed by atoms with E-state index < -0.39 is 16.5 Å². The molecule has 0 aromatic heterocycles. The molecule has 0 aliphatic rings. The molecule has 0 amide bonds. The molecule has 2 aromatic rings. The Morgan fingerprint density at radius 3 is 1.11 bits per heavy atom. The van der Waals surface area contributed by atoms with E-state index in [0.717, 1.165) is 11.1 Å². The maximum atomic E-state index is 6.94. The van der Waals surface area contributed by atoms with Crippen molar-refractivity contribution in [3.05, 3.63) is 83.3 Å². The summed E-state index contributed by atoms with van der Waals surface area (Å²) in [4.78, 5) is 0. The number of hydrogen-bond acceptors (Lipinski definition) is 0. The fourth-order valence-corrected chi connectivity index (χ4v) is 1.19. The standard InChI is InChI=1S/2C7H8N.2ClH.Pt/c2*8-6-7-4-2-1-3-5-7;;;/h2*1-5,8H,6H2;2*1H;/q2*-1;;;+4/p-2. The van der Waals surface area contributed by atoms with Crippen LogP contribution < -0.4 is 0 Å². The van der Waals surface area contributed by atoms with E-state index in [1.54, 1.807) is 0 Å². The molecule has 0 heterocycles. The van der Waals surface area contributed by atoms with Crippen molar-refractivity contribution < 1.29 is 16.5 Å². The van der Waals surface area contributed by atoms with E-state index in [0.29, 0.717) is 13.1 Å². The molecular formula is C14H16Cl2N2Pt. The van der Waals surface area contributed by atoms with Crippen molar-refractivity contribution in [3.63, 3.8) is 0 Å². The van der Waals surface area contributed by atoms with Gasteiger partial charge in [0.25, 0.3) is 0 Å². The zero-order valence-corrected chi connectivity index (χ0v) is 14.0. The molecule has 0 spiro atoms. The molecular weight excluding hydrogens is 462 g/mol. The minimum Gasteiger partial charge on any atom is -0.674 e. The van der Waals surface area contributed by atoms with E-state index in [-0.39, 0.29) is 0 Å². The van der Waals surface area contributed by atoms with E-state index in [4.69, 9.17) is 30.3 Å². The summed E-state index contributed by atoms with van der Waals surface area (Å²) in [5, 5.41) is 0. The number of hydrogen-bond donors (Lipinski definition) is 0. The largest absolute Gasteiger partial charge is 0.674 e. The molecule has 106 valence electrons. The van der Waals surface area contributed by atoms with E-state index in [1.165, 1.54) is 0 Å². The second-order valence-corrected chi connectivity index (χ2v) is 6.65. The van der Waals surface area contributed by atoms with Gasteiger partial charge in [0.1, 0.15) is 0 Å². The van der Waals surface area contributed by atoms with Crippen LogP contribution in [-0.4, -0.2) is 0 Å². The first-order valence-corrected chi connectivity index (χ1v) is 11.1. The topological polar surface area (TPSA) is 47.6 Å². The van der Waals surface area contributed by atoms with Crippen LogP contribution in [-0.2, 0) is 29.6 Å². The fraction of sp³-hybridized carbons (Fsp3) is 0.143. The van der Waals surface area contributed by atoms with Gasteiger partial charge in [-0.05, 0) is 0 Å². The van der Waals surface area contributed by atoms with Crippen molar-refractivity contribution in [1.29, 1.82) is 0 Å². The van der Waals surface area contributed by atoms with Gasteiger partial charge in [0.2, 0.25) is 0 Å². The third-order valence-electron chi connectivity index (χ3n) is 2.09. The molecule has 5 heteroatoms. The molecule has 0 fully saturated rings. The van der Waals surface area contributed by atoms with Crippen molar-refractivity contribution in [3.8, 4) is 0 Å². The summed E-state index contributed by atoms with van der Waals surface area (Å²) in [5.41, 5.74) is 16.0. The zero-order valence-electron chi connectivity index (χ0n) is 10.3. The van der Waals surface area contributed by atoms with Crippen LogP contribution in [0.15, 0.2) is 60.7 Å². The fourth-order valence-electron chi connectivity index (χ4n) is 1.19. The van der Waals surface area contributed by atoms with E-state index in [9.17, 15) is 0 Å². The Balaban J connectivity index is 0.000000284. The second-order valence-electron chi connectivity index (χ2n) is 3.37. The summed E-state index contributed by atoms with van der Waals surface area (Å²) in [6, 6.07) is 19.5. The molecule has 0 radical (unpaired) electrons. The third kappa shape index (κ3) is 11.2. The van der Waals surface area contributed by atoms with Crippen molar-refractivity contribution in [1.82, 2.24) is 0 Å². The predicted octanol–water partition coefficient (Wildman–Crippen LogP) is 5.85. The molecule has 0 saturated carbocycles. The van der Waals surface area contributed by atoms with Crippen molar-refractivity contribution in [2.75, 3.05) is 0 Å². The van der Waals surface area contributed by atoms with Crippen LogP contribution >= 0.6 is 18.8 Å². The zero-order chi connectivity index (χ0) is 14.3. The van der Waals surface area contributed by atoms with Crippen LogP contribution in [0.3, 0.4) is 0 Å². The molecule has 19 heavy (non-hydrogen) atoms. The van der Waals surface area contributed by atoms with Crippen LogP contribution in [0.4, 0.5) is 0 Å². The molecule has 2 N–H and O–H groups in total. The monoisotopic (exact) mass is 477 g/mol. The van der Waals surface area contributed by atoms with Gasteiger partial charge < -0.3 is 11.5 Å². The first-order valence-electron chi connectivity index (χ1n) is 5.47. The Labute approximate surface area is 131 Å². The number of rotatable bonds is 2. The van der Waals surface area contributed by atoms with E-state index >= 15 is 0 Å². The molecule has 0 unspecified atom stereocenters. The number of halogens is 2. The van der Waals surface area contributed by atoms with Gasteiger partial charge in [0.15, 0.2) is 0 Å². The average molecular weight is 478 g/mol. The smallest absolute Gasteiger partial charge is 0.0608 e. The Bertz CT molecular complexity index is 359. The molecule has 0 aliphatic carbocycles. The Morgan fingerprint density at radius 2 is 0.947 bits per heavy atom. The molecule has 0 saturated heterocycles. The summed E-state index contributed by atoms with van der Waals surface area (Å²) in [6.07, 6.45) is 0. The van der Waals surface area contributed by atoms with Crippen LogP contribution in [0.1, 0.15) is 11.1 Å². The summed E-state index contributed by atoms with van der Waals surface area (Å²) in [5.74, 6) is 0. The summed E-state index contributed by atoms with van der Waals surface area (Å²) in [6.45, 7) is 0.779. The normalized spacial score (nSPS) is 8.84. The van der Waals surface area contributed by atoms with E-state index in [1.807, 2.05) is 60.7 Å². The second kappa shape index (κ2) is 14.0. The van der Waals surface area contributed by atoms with Gasteiger partial charge in [0, 0.05) is 0 Å². The first kappa shape index (κ1) is 18.6. The summed E-state index contributed by atoms with van der Waals surface area (Å²) >= 11 is -0.472. The molecule has 2 rings (SSSR count). The average Bonchev–Trinajstić information content (AvgIpc) is 2.50. The van der Waals surface area contributed by atoms with Gasteiger partial charge in [-0.15, -0.1) is 13.1 Å². The minimum atomic E-state index is -0.472. The Kier molecular flexibility index (Phi) is 13.8. The molecule has 2 nitrogen and oxygen atoms in total. The van der Waals surface area contributed by atoms with Crippen LogP contribution in [0.25, 0.3) is 11.5 Å². The number of benzene rings is 2. The summed E-state index contributed by atoms with van der Waals surface area (Å²) in [7, 11) is 9.75. The minimum absolute atomic E-state index is 0.390. The molecule has 0 bridgehead atoms. The number of nitrogens with one attached hydrogen (secondary N) is 2. The Hall–Kier alpha value is -0.372. The third-order valence-corrected chi connectivity index (χ3v) is 2.09. The van der Waals surface area contributed by atoms with Gasteiger partial charge in [0.05, 0.1) is 0 Å². The predicted molar refractivity (Wildman–Crippen MR) is 80.6 cm³/mol. The van der Waals surface area contributed by atoms with Gasteiger partial charge in [-0.2, -0.15) is 0 Å². The van der Waals surface area contributed by atoms with Crippen molar-refractivity contribution in [2.24, 2.45) is 0 Å². The van der Waals surface area contributed by atoms with Crippen molar-refractivity contribution in [2.45, 2.75) is 13.1 Å². The summed E-state index contributed by atoms with van der Waals surface area (Å²) < 4.78 is 0. The van der Waals surface area contributed by atoms with Crippen LogP contribution in [0.5, 0.6) is 0 Å². The van der Waals surface area contributed by atoms with Crippen molar-refractivity contribution >= 4 is 18.8 Å². The van der Waals surface area contributed by atoms with Gasteiger partial charge in [-0.1, -0.05) is 71.8 Å². The maximum Gasteiger partial charge on any atom is -0.0608 e. The van der Waals surface area contributed by atoms with Gasteiger partial charge >= 0.3 is 35.3 Å². The van der Waals surface area contributed by atoms with Crippen LogP contribution in [0, 0.1) is 0 Å². The quantitative estimate of drug-likeness (QED) is 0.520. The SMILES string of the molecule is [Cl][Pt+2][Cl].[NH-]Cc1ccccc1.[NH-]Cc1ccccc1. The van der Waals surface area contributed by atoms with Gasteiger partial charge in [-0.25, -0.2) is 0 Å². The Morgan fingerprint density at radius 1 is 0.684 bits per heavy atom. The van der Waals surface area contributed by atoms with Crippen LogP contribution in [0.2, 0.25) is 0 Å². The molecule has 0 atom stereocenters. The maximum absolute atomic E-state index is 6.94. The molecule has 2 aromatic carbocycles. The van der Waals surface area contributed by atoms with Gasteiger partial charge in [-0.3, -0.25) is 0 Å².